The first-order valence-corrected chi connectivity index (χ1v) is 9.42. The number of aromatic hydroxyl groups is 1. The number of rotatable bonds is 4. The van der Waals surface area contributed by atoms with Crippen LogP contribution in [-0.2, 0) is 17.3 Å². The molecule has 4 nitrogen and oxygen atoms in total. The molecule has 0 atom stereocenters. The summed E-state index contributed by atoms with van der Waals surface area (Å²) >= 11 is 0. The fraction of sp³-hybridized carbons (Fsp3) is 0.435. The molecule has 27 heavy (non-hydrogen) atoms. The number of phenolic OH excluding ortho intramolecular Hbond substituents is 1. The van der Waals surface area contributed by atoms with Crippen LogP contribution in [0.4, 0.5) is 5.69 Å². The number of anilines is 1. The average molecular weight is 369 g/mol. The Hall–Kier alpha value is -2.33. The molecule has 2 aromatic carbocycles. The van der Waals surface area contributed by atoms with Gasteiger partial charge in [0.1, 0.15) is 5.75 Å². The molecular formula is C23H32N2O2. The minimum absolute atomic E-state index is 0.183. The number of carbonyl (C=O) groups excluding carboxylic acids is 1. The lowest BCUT2D eigenvalue weighted by Crippen LogP contribution is -2.20. The number of phenols is 1. The molecule has 0 unspecified atom stereocenters. The van der Waals surface area contributed by atoms with Crippen molar-refractivity contribution >= 4 is 11.6 Å². The van der Waals surface area contributed by atoms with Crippen LogP contribution in [0, 0.1) is 0 Å². The molecule has 4 heteroatoms. The number of nitrogens with one attached hydrogen (secondary N) is 1. The van der Waals surface area contributed by atoms with Gasteiger partial charge in [-0.05, 0) is 53.6 Å². The molecule has 0 fully saturated rings. The summed E-state index contributed by atoms with van der Waals surface area (Å²) in [7, 11) is 0. The van der Waals surface area contributed by atoms with Crippen LogP contribution < -0.4 is 11.1 Å². The van der Waals surface area contributed by atoms with Crippen LogP contribution in [-0.4, -0.2) is 17.6 Å². The van der Waals surface area contributed by atoms with Gasteiger partial charge in [0.05, 0.1) is 0 Å². The Morgan fingerprint density at radius 1 is 0.963 bits per heavy atom. The quantitative estimate of drug-likeness (QED) is 0.729. The maximum absolute atomic E-state index is 12.9. The average Bonchev–Trinajstić information content (AvgIpc) is 2.55. The third kappa shape index (κ3) is 5.10. The zero-order valence-corrected chi connectivity index (χ0v) is 17.3. The summed E-state index contributed by atoms with van der Waals surface area (Å²) in [5.41, 5.74) is 9.01. The smallest absolute Gasteiger partial charge is 0.255 e. The summed E-state index contributed by atoms with van der Waals surface area (Å²) in [5, 5.41) is 13.7. The summed E-state index contributed by atoms with van der Waals surface area (Å²) in [6.07, 6.45) is 0.816. The highest BCUT2D eigenvalue weighted by molar-refractivity contribution is 6.04. The van der Waals surface area contributed by atoms with Crippen LogP contribution in [0.25, 0.3) is 0 Å². The zero-order valence-electron chi connectivity index (χ0n) is 17.3. The van der Waals surface area contributed by atoms with E-state index in [0.29, 0.717) is 12.1 Å². The van der Waals surface area contributed by atoms with E-state index in [4.69, 9.17) is 5.73 Å². The molecule has 0 aliphatic carbocycles. The number of carbonyl (C=O) groups is 1. The first-order chi connectivity index (χ1) is 12.4. The van der Waals surface area contributed by atoms with Gasteiger partial charge >= 0.3 is 0 Å². The lowest BCUT2D eigenvalue weighted by atomic mass is 9.78. The van der Waals surface area contributed by atoms with Crippen molar-refractivity contribution in [2.75, 3.05) is 11.9 Å². The lowest BCUT2D eigenvalue weighted by molar-refractivity contribution is 0.102. The van der Waals surface area contributed by atoms with Gasteiger partial charge < -0.3 is 16.2 Å². The van der Waals surface area contributed by atoms with Crippen molar-refractivity contribution in [2.24, 2.45) is 5.73 Å². The van der Waals surface area contributed by atoms with E-state index in [0.717, 1.165) is 28.8 Å². The Balaban J connectivity index is 2.40. The Kier molecular flexibility index (Phi) is 6.01. The molecule has 0 radical (unpaired) electrons. The van der Waals surface area contributed by atoms with Crippen molar-refractivity contribution in [3.63, 3.8) is 0 Å². The maximum atomic E-state index is 12.9. The van der Waals surface area contributed by atoms with Crippen molar-refractivity contribution < 1.29 is 9.90 Å². The highest BCUT2D eigenvalue weighted by atomic mass is 16.3. The van der Waals surface area contributed by atoms with Crippen molar-refractivity contribution in [3.8, 4) is 5.75 Å². The number of nitrogens with two attached hydrogens (primary N) is 1. The molecule has 2 rings (SSSR count). The molecule has 0 spiro atoms. The number of amides is 1. The molecule has 0 aliphatic heterocycles. The van der Waals surface area contributed by atoms with Gasteiger partial charge in [0, 0.05) is 22.4 Å². The summed E-state index contributed by atoms with van der Waals surface area (Å²) in [5.74, 6) is 0.0928. The fourth-order valence-electron chi connectivity index (χ4n) is 3.03. The third-order valence-corrected chi connectivity index (χ3v) is 4.63. The summed E-state index contributed by atoms with van der Waals surface area (Å²) in [6.45, 7) is 12.8. The Labute approximate surface area is 162 Å². The van der Waals surface area contributed by atoms with Crippen LogP contribution in [0.2, 0.25) is 0 Å². The molecule has 0 aromatic heterocycles. The minimum atomic E-state index is -0.274. The first kappa shape index (κ1) is 21.0. The van der Waals surface area contributed by atoms with Crippen molar-refractivity contribution in [2.45, 2.75) is 58.8 Å². The van der Waals surface area contributed by atoms with Gasteiger partial charge in [0.2, 0.25) is 0 Å². The van der Waals surface area contributed by atoms with Crippen LogP contribution >= 0.6 is 0 Å². The maximum Gasteiger partial charge on any atom is 0.255 e. The summed E-state index contributed by atoms with van der Waals surface area (Å²) in [6, 6.07) is 11.3. The van der Waals surface area contributed by atoms with Gasteiger partial charge in [-0.25, -0.2) is 0 Å². The van der Waals surface area contributed by atoms with Crippen LogP contribution in [0.3, 0.4) is 0 Å². The highest BCUT2D eigenvalue weighted by Crippen LogP contribution is 2.39. The molecular weight excluding hydrogens is 336 g/mol. The van der Waals surface area contributed by atoms with Gasteiger partial charge in [0.25, 0.3) is 5.91 Å². The van der Waals surface area contributed by atoms with Crippen molar-refractivity contribution in [1.29, 1.82) is 0 Å². The number of benzene rings is 2. The van der Waals surface area contributed by atoms with Crippen LogP contribution in [0.5, 0.6) is 5.75 Å². The van der Waals surface area contributed by atoms with E-state index in [9.17, 15) is 9.90 Å². The van der Waals surface area contributed by atoms with Gasteiger partial charge in [-0.1, -0.05) is 53.7 Å². The number of hydrogen-bond acceptors (Lipinski definition) is 3. The van der Waals surface area contributed by atoms with E-state index in [-0.39, 0.29) is 22.5 Å². The predicted molar refractivity (Wildman–Crippen MR) is 113 cm³/mol. The largest absolute Gasteiger partial charge is 0.507 e. The molecule has 146 valence electrons. The molecule has 2 aromatic rings. The van der Waals surface area contributed by atoms with E-state index < -0.39 is 0 Å². The zero-order chi connectivity index (χ0) is 20.4. The second-order valence-corrected chi connectivity index (χ2v) is 9.11. The second-order valence-electron chi connectivity index (χ2n) is 9.11. The molecule has 0 saturated heterocycles. The Bertz CT molecular complexity index is 775. The van der Waals surface area contributed by atoms with E-state index >= 15 is 0 Å². The van der Waals surface area contributed by atoms with E-state index in [1.165, 1.54) is 0 Å². The van der Waals surface area contributed by atoms with Gasteiger partial charge in [0.15, 0.2) is 0 Å². The summed E-state index contributed by atoms with van der Waals surface area (Å²) in [4.78, 5) is 12.9. The standard InChI is InChI=1S/C23H32N2O2/c1-22(2,3)18-13-16(14-19(20(18)26)23(4,5)6)21(27)25-17-9-7-15(8-10-17)11-12-24/h7-10,13-14,26H,11-12,24H2,1-6H3,(H,25,27). The number of hydrogen-bond donors (Lipinski definition) is 3. The normalized spacial score (nSPS) is 12.1. The predicted octanol–water partition coefficient (Wildman–Crippen LogP) is 4.74. The summed E-state index contributed by atoms with van der Waals surface area (Å²) < 4.78 is 0. The van der Waals surface area contributed by atoms with Gasteiger partial charge in [-0.3, -0.25) is 4.79 Å². The molecule has 1 amide bonds. The van der Waals surface area contributed by atoms with Crippen LogP contribution in [0.15, 0.2) is 36.4 Å². The van der Waals surface area contributed by atoms with Gasteiger partial charge in [-0.2, -0.15) is 0 Å². The molecule has 4 N–H and O–H groups in total. The Morgan fingerprint density at radius 2 is 1.44 bits per heavy atom. The monoisotopic (exact) mass is 368 g/mol. The van der Waals surface area contributed by atoms with Crippen molar-refractivity contribution in [3.05, 3.63) is 58.7 Å². The lowest BCUT2D eigenvalue weighted by Gasteiger charge is -2.28. The minimum Gasteiger partial charge on any atom is -0.507 e. The SMILES string of the molecule is CC(C)(C)c1cc(C(=O)Nc2ccc(CCN)cc2)cc(C(C)(C)C)c1O. The molecule has 0 aliphatic rings. The molecule has 0 bridgehead atoms. The molecule has 0 saturated carbocycles. The van der Waals surface area contributed by atoms with E-state index in [1.54, 1.807) is 12.1 Å². The Morgan fingerprint density at radius 3 is 1.85 bits per heavy atom. The van der Waals surface area contributed by atoms with Gasteiger partial charge in [-0.15, -0.1) is 0 Å². The fourth-order valence-corrected chi connectivity index (χ4v) is 3.03. The van der Waals surface area contributed by atoms with E-state index in [2.05, 4.69) is 5.32 Å². The first-order valence-electron chi connectivity index (χ1n) is 9.42. The third-order valence-electron chi connectivity index (χ3n) is 4.63. The molecule has 0 heterocycles. The van der Waals surface area contributed by atoms with Crippen LogP contribution in [0.1, 0.15) is 68.6 Å². The second kappa shape index (κ2) is 7.73. The highest BCUT2D eigenvalue weighted by Gasteiger charge is 2.27. The van der Waals surface area contributed by atoms with E-state index in [1.807, 2.05) is 65.8 Å². The topological polar surface area (TPSA) is 75.4 Å². The van der Waals surface area contributed by atoms with Crippen molar-refractivity contribution in [1.82, 2.24) is 0 Å².